The molecular formula is C22H25ClN4O2. The highest BCUT2D eigenvalue weighted by Gasteiger charge is 2.21. The quantitative estimate of drug-likeness (QED) is 0.615. The van der Waals surface area contributed by atoms with Gasteiger partial charge < -0.3 is 14.4 Å². The van der Waals surface area contributed by atoms with Crippen LogP contribution in [-0.4, -0.2) is 54.8 Å². The Morgan fingerprint density at radius 2 is 1.69 bits per heavy atom. The first kappa shape index (κ1) is 19.6. The molecule has 3 aromatic rings. The Labute approximate surface area is 176 Å². The molecule has 1 aliphatic rings. The zero-order chi connectivity index (χ0) is 20.2. The lowest BCUT2D eigenvalue weighted by Gasteiger charge is -2.35. The molecule has 0 spiro atoms. The third-order valence-electron chi connectivity index (χ3n) is 5.18. The van der Waals surface area contributed by atoms with E-state index in [1.807, 2.05) is 42.7 Å². The van der Waals surface area contributed by atoms with Gasteiger partial charge in [-0.2, -0.15) is 0 Å². The second kappa shape index (κ2) is 8.76. The maximum atomic E-state index is 6.17. The van der Waals surface area contributed by atoms with E-state index < -0.39 is 0 Å². The molecule has 4 rings (SSSR count). The summed E-state index contributed by atoms with van der Waals surface area (Å²) >= 11 is 6.17. The van der Waals surface area contributed by atoms with Gasteiger partial charge in [0.05, 0.1) is 14.2 Å². The van der Waals surface area contributed by atoms with Crippen molar-refractivity contribution < 1.29 is 9.47 Å². The van der Waals surface area contributed by atoms with Crippen LogP contribution in [0.4, 0.5) is 5.95 Å². The van der Waals surface area contributed by atoms with Crippen molar-refractivity contribution in [1.29, 1.82) is 0 Å². The normalized spacial score (nSPS) is 14.8. The fraction of sp³-hybridized carbons (Fsp3) is 0.318. The summed E-state index contributed by atoms with van der Waals surface area (Å²) in [6.07, 6.45) is 3.82. The number of aromatic nitrogens is 2. The number of piperazine rings is 1. The fourth-order valence-electron chi connectivity index (χ4n) is 3.68. The first-order chi connectivity index (χ1) is 14.2. The van der Waals surface area contributed by atoms with Gasteiger partial charge in [-0.25, -0.2) is 4.98 Å². The van der Waals surface area contributed by atoms with Gasteiger partial charge in [0.1, 0.15) is 11.5 Å². The van der Waals surface area contributed by atoms with Crippen LogP contribution >= 0.6 is 11.6 Å². The summed E-state index contributed by atoms with van der Waals surface area (Å²) < 4.78 is 12.9. The molecule has 1 aromatic heterocycles. The summed E-state index contributed by atoms with van der Waals surface area (Å²) in [5, 5.41) is 0.723. The molecule has 7 heteroatoms. The first-order valence-corrected chi connectivity index (χ1v) is 10.0. The second-order valence-electron chi connectivity index (χ2n) is 7.06. The Kier molecular flexibility index (Phi) is 5.92. The molecule has 0 atom stereocenters. The number of hydrogen-bond donors (Lipinski definition) is 0. The van der Waals surface area contributed by atoms with Crippen molar-refractivity contribution >= 4 is 17.5 Å². The summed E-state index contributed by atoms with van der Waals surface area (Å²) in [5.74, 6) is 2.60. The van der Waals surface area contributed by atoms with Crippen LogP contribution in [0.1, 0.15) is 5.56 Å². The maximum absolute atomic E-state index is 6.17. The first-order valence-electron chi connectivity index (χ1n) is 9.65. The van der Waals surface area contributed by atoms with E-state index >= 15 is 0 Å². The highest BCUT2D eigenvalue weighted by Crippen LogP contribution is 2.25. The van der Waals surface area contributed by atoms with E-state index in [1.54, 1.807) is 14.2 Å². The van der Waals surface area contributed by atoms with E-state index in [1.165, 1.54) is 5.56 Å². The smallest absolute Gasteiger partial charge is 0.210 e. The zero-order valence-corrected chi connectivity index (χ0v) is 17.5. The zero-order valence-electron chi connectivity index (χ0n) is 16.7. The standard InChI is InChI=1S/C22H25ClN4O2/c1-28-20-12-17(13-21(15-20)29-2)16-25-8-10-26(11-9-25)22-24-6-7-27(22)19-5-3-4-18(23)14-19/h3-7,12-15H,8-11,16H2,1-2H3. The Morgan fingerprint density at radius 3 is 2.34 bits per heavy atom. The lowest BCUT2D eigenvalue weighted by atomic mass is 10.1. The summed E-state index contributed by atoms with van der Waals surface area (Å²) in [5.41, 5.74) is 2.21. The monoisotopic (exact) mass is 412 g/mol. The maximum Gasteiger partial charge on any atom is 0.210 e. The number of hydrogen-bond acceptors (Lipinski definition) is 5. The van der Waals surface area contributed by atoms with Gasteiger partial charge in [0.25, 0.3) is 0 Å². The van der Waals surface area contributed by atoms with E-state index in [9.17, 15) is 0 Å². The molecule has 1 fully saturated rings. The number of methoxy groups -OCH3 is 2. The predicted octanol–water partition coefficient (Wildman–Crippen LogP) is 3.87. The summed E-state index contributed by atoms with van der Waals surface area (Å²) in [6.45, 7) is 4.62. The molecule has 1 saturated heterocycles. The van der Waals surface area contributed by atoms with Crippen molar-refractivity contribution in [3.8, 4) is 17.2 Å². The van der Waals surface area contributed by atoms with Crippen molar-refractivity contribution in [2.45, 2.75) is 6.54 Å². The van der Waals surface area contributed by atoms with Gasteiger partial charge >= 0.3 is 0 Å². The van der Waals surface area contributed by atoms with Gasteiger partial charge in [-0.05, 0) is 35.9 Å². The van der Waals surface area contributed by atoms with E-state index in [2.05, 4.69) is 31.5 Å². The number of rotatable bonds is 6. The van der Waals surface area contributed by atoms with Crippen molar-refractivity contribution in [3.05, 3.63) is 65.4 Å². The molecule has 0 bridgehead atoms. The van der Waals surface area contributed by atoms with E-state index in [0.717, 1.165) is 60.9 Å². The lowest BCUT2D eigenvalue weighted by molar-refractivity contribution is 0.248. The van der Waals surface area contributed by atoms with Crippen molar-refractivity contribution in [1.82, 2.24) is 14.5 Å². The van der Waals surface area contributed by atoms with Crippen LogP contribution in [0.25, 0.3) is 5.69 Å². The highest BCUT2D eigenvalue weighted by atomic mass is 35.5. The van der Waals surface area contributed by atoms with Crippen LogP contribution in [0.5, 0.6) is 11.5 Å². The fourth-order valence-corrected chi connectivity index (χ4v) is 3.86. The molecule has 1 aliphatic heterocycles. The lowest BCUT2D eigenvalue weighted by Crippen LogP contribution is -2.46. The molecule has 0 radical (unpaired) electrons. The van der Waals surface area contributed by atoms with Crippen LogP contribution in [0.2, 0.25) is 5.02 Å². The molecule has 0 unspecified atom stereocenters. The molecule has 2 aromatic carbocycles. The summed E-state index contributed by atoms with van der Waals surface area (Å²) in [7, 11) is 3.36. The summed E-state index contributed by atoms with van der Waals surface area (Å²) in [4.78, 5) is 9.36. The molecule has 6 nitrogen and oxygen atoms in total. The predicted molar refractivity (Wildman–Crippen MR) is 116 cm³/mol. The molecule has 29 heavy (non-hydrogen) atoms. The Morgan fingerprint density at radius 1 is 0.966 bits per heavy atom. The number of halogens is 1. The van der Waals surface area contributed by atoms with Gasteiger partial charge in [0, 0.05) is 61.9 Å². The Balaban J connectivity index is 1.43. The molecular weight excluding hydrogens is 388 g/mol. The molecule has 0 aliphatic carbocycles. The van der Waals surface area contributed by atoms with Gasteiger partial charge in [0.15, 0.2) is 0 Å². The van der Waals surface area contributed by atoms with Crippen LogP contribution in [0.3, 0.4) is 0 Å². The van der Waals surface area contributed by atoms with Crippen LogP contribution < -0.4 is 14.4 Å². The van der Waals surface area contributed by atoms with E-state index in [4.69, 9.17) is 21.1 Å². The van der Waals surface area contributed by atoms with Crippen molar-refractivity contribution in [2.24, 2.45) is 0 Å². The topological polar surface area (TPSA) is 42.8 Å². The number of nitrogens with zero attached hydrogens (tertiary/aromatic N) is 4. The Hall–Kier alpha value is -2.70. The average molecular weight is 413 g/mol. The second-order valence-corrected chi connectivity index (χ2v) is 7.50. The SMILES string of the molecule is COc1cc(CN2CCN(c3nccn3-c3cccc(Cl)c3)CC2)cc(OC)c1. The number of anilines is 1. The number of benzene rings is 2. The molecule has 2 heterocycles. The summed E-state index contributed by atoms with van der Waals surface area (Å²) in [6, 6.07) is 13.9. The van der Waals surface area contributed by atoms with Gasteiger partial charge in [0.2, 0.25) is 5.95 Å². The minimum atomic E-state index is 0.723. The van der Waals surface area contributed by atoms with Crippen molar-refractivity contribution in [3.63, 3.8) is 0 Å². The average Bonchev–Trinajstić information content (AvgIpc) is 3.24. The molecule has 0 N–H and O–H groups in total. The molecule has 152 valence electrons. The third kappa shape index (κ3) is 4.49. The van der Waals surface area contributed by atoms with Gasteiger partial charge in [-0.1, -0.05) is 17.7 Å². The number of imidazole rings is 1. The number of ether oxygens (including phenoxy) is 2. The third-order valence-corrected chi connectivity index (χ3v) is 5.42. The van der Waals surface area contributed by atoms with E-state index in [0.29, 0.717) is 0 Å². The van der Waals surface area contributed by atoms with Crippen LogP contribution in [0.15, 0.2) is 54.9 Å². The van der Waals surface area contributed by atoms with Gasteiger partial charge in [-0.3, -0.25) is 9.47 Å². The minimum absolute atomic E-state index is 0.723. The van der Waals surface area contributed by atoms with Gasteiger partial charge in [-0.15, -0.1) is 0 Å². The van der Waals surface area contributed by atoms with Crippen LogP contribution in [-0.2, 0) is 6.54 Å². The Bertz CT molecular complexity index is 945. The highest BCUT2D eigenvalue weighted by molar-refractivity contribution is 6.30. The minimum Gasteiger partial charge on any atom is -0.497 e. The van der Waals surface area contributed by atoms with E-state index in [-0.39, 0.29) is 0 Å². The molecule has 0 amide bonds. The van der Waals surface area contributed by atoms with Crippen LogP contribution in [0, 0.1) is 0 Å². The molecule has 0 saturated carbocycles. The largest absolute Gasteiger partial charge is 0.497 e. The van der Waals surface area contributed by atoms with Crippen molar-refractivity contribution in [2.75, 3.05) is 45.3 Å².